The van der Waals surface area contributed by atoms with Gasteiger partial charge in [-0.2, -0.15) is 4.39 Å². The van der Waals surface area contributed by atoms with Crippen LogP contribution in [0.3, 0.4) is 0 Å². The Bertz CT molecular complexity index is 727. The first-order chi connectivity index (χ1) is 11.5. The van der Waals surface area contributed by atoms with E-state index in [1.165, 1.54) is 18.2 Å². The summed E-state index contributed by atoms with van der Waals surface area (Å²) in [4.78, 5) is 0. The van der Waals surface area contributed by atoms with E-state index in [-0.39, 0.29) is 15.9 Å². The zero-order valence-electron chi connectivity index (χ0n) is 12.6. The predicted octanol–water partition coefficient (Wildman–Crippen LogP) is 5.15. The molecule has 2 aromatic carbocycles. The largest absolute Gasteiger partial charge is 0.457 e. The third-order valence-electron chi connectivity index (χ3n) is 3.27. The molecule has 7 heteroatoms. The van der Waals surface area contributed by atoms with E-state index in [4.69, 9.17) is 10.5 Å². The van der Waals surface area contributed by atoms with Crippen LogP contribution in [0, 0.1) is 5.82 Å². The highest BCUT2D eigenvalue weighted by molar-refractivity contribution is 9.10. The Hall–Kier alpha value is -2.15. The van der Waals surface area contributed by atoms with Gasteiger partial charge in [-0.1, -0.05) is 24.3 Å². The average molecular weight is 401 g/mol. The Morgan fingerprint density at radius 3 is 2.71 bits per heavy atom. The van der Waals surface area contributed by atoms with Gasteiger partial charge in [-0.25, -0.2) is 8.78 Å². The van der Waals surface area contributed by atoms with Crippen LogP contribution in [0.2, 0.25) is 0 Å². The van der Waals surface area contributed by atoms with E-state index >= 15 is 0 Å². The Labute approximate surface area is 146 Å². The summed E-state index contributed by atoms with van der Waals surface area (Å²) >= 11 is 3.09. The number of ether oxygens (including phenoxy) is 1. The fraction of sp³-hybridized carbons (Fsp3) is 0.176. The lowest BCUT2D eigenvalue weighted by molar-refractivity contribution is 0.0425. The van der Waals surface area contributed by atoms with E-state index in [2.05, 4.69) is 27.8 Å². The summed E-state index contributed by atoms with van der Waals surface area (Å²) in [7, 11) is 0. The minimum absolute atomic E-state index is 0.180. The number of nitrogens with one attached hydrogen (secondary N) is 1. The molecule has 0 fully saturated rings. The van der Waals surface area contributed by atoms with Gasteiger partial charge in [-0.05, 0) is 28.1 Å². The molecule has 2 rings (SSSR count). The smallest absolute Gasteiger partial charge is 0.266 e. The van der Waals surface area contributed by atoms with Gasteiger partial charge in [0.25, 0.3) is 6.36 Å². The number of hydrogen-bond donors (Lipinski definition) is 2. The number of nitrogens with two attached hydrogens (primary N) is 1. The number of nitrogen functional groups attached to an aromatic ring is 1. The monoisotopic (exact) mass is 400 g/mol. The van der Waals surface area contributed by atoms with Crippen LogP contribution < -0.4 is 15.8 Å². The lowest BCUT2D eigenvalue weighted by Crippen LogP contribution is -2.16. The first-order valence-corrected chi connectivity index (χ1v) is 7.84. The number of halogens is 4. The van der Waals surface area contributed by atoms with Crippen LogP contribution in [0.4, 0.5) is 24.5 Å². The van der Waals surface area contributed by atoms with Gasteiger partial charge in [0.15, 0.2) is 6.67 Å². The Balaban J connectivity index is 2.33. The van der Waals surface area contributed by atoms with E-state index < -0.39 is 24.9 Å². The summed E-state index contributed by atoms with van der Waals surface area (Å²) < 4.78 is 44.3. The van der Waals surface area contributed by atoms with E-state index in [0.717, 1.165) is 0 Å². The molecular formula is C17H16BrF3N2O. The Morgan fingerprint density at radius 1 is 1.33 bits per heavy atom. The average Bonchev–Trinajstić information content (AvgIpc) is 2.57. The molecule has 0 aliphatic heterocycles. The van der Waals surface area contributed by atoms with Crippen molar-refractivity contribution >= 4 is 27.3 Å². The number of anilines is 2. The van der Waals surface area contributed by atoms with Gasteiger partial charge in [0.05, 0.1) is 21.9 Å². The molecule has 0 saturated carbocycles. The normalized spacial score (nSPS) is 13.2. The highest BCUT2D eigenvalue weighted by Gasteiger charge is 2.17. The van der Waals surface area contributed by atoms with E-state index in [9.17, 15) is 13.2 Å². The number of rotatable bonds is 7. The number of alkyl halides is 2. The summed E-state index contributed by atoms with van der Waals surface area (Å²) in [5.74, 6) is -0.306. The summed E-state index contributed by atoms with van der Waals surface area (Å²) in [6.45, 7) is 2.48. The van der Waals surface area contributed by atoms with Gasteiger partial charge < -0.3 is 15.8 Å². The molecule has 128 valence electrons. The predicted molar refractivity (Wildman–Crippen MR) is 93.0 cm³/mol. The molecular weight excluding hydrogens is 385 g/mol. The summed E-state index contributed by atoms with van der Waals surface area (Å²) in [5.41, 5.74) is 7.02. The molecule has 2 atom stereocenters. The highest BCUT2D eigenvalue weighted by atomic mass is 79.9. The van der Waals surface area contributed by atoms with Crippen molar-refractivity contribution in [2.24, 2.45) is 0 Å². The maximum absolute atomic E-state index is 13.5. The minimum Gasteiger partial charge on any atom is -0.457 e. The van der Waals surface area contributed by atoms with Gasteiger partial charge in [-0.15, -0.1) is 6.58 Å². The summed E-state index contributed by atoms with van der Waals surface area (Å²) in [5, 5.41) is 3.08. The van der Waals surface area contributed by atoms with E-state index in [1.54, 1.807) is 24.3 Å². The Morgan fingerprint density at radius 2 is 2.04 bits per heavy atom. The first kappa shape index (κ1) is 18.2. The maximum Gasteiger partial charge on any atom is 0.266 e. The van der Waals surface area contributed by atoms with Crippen molar-refractivity contribution < 1.29 is 17.9 Å². The second-order valence-corrected chi connectivity index (χ2v) is 5.79. The highest BCUT2D eigenvalue weighted by Crippen LogP contribution is 2.33. The number of para-hydroxylation sites is 1. The second kappa shape index (κ2) is 8.10. The summed E-state index contributed by atoms with van der Waals surface area (Å²) in [6, 6.07) is 8.75. The van der Waals surface area contributed by atoms with E-state index in [0.29, 0.717) is 11.3 Å². The van der Waals surface area contributed by atoms with Crippen molar-refractivity contribution in [2.45, 2.75) is 12.4 Å². The molecule has 2 unspecified atom stereocenters. The fourth-order valence-corrected chi connectivity index (χ4v) is 2.48. The Kier molecular flexibility index (Phi) is 6.14. The molecule has 2 aromatic rings. The molecule has 0 aliphatic rings. The fourth-order valence-electron chi connectivity index (χ4n) is 2.13. The van der Waals surface area contributed by atoms with Crippen LogP contribution in [0.25, 0.3) is 0 Å². The second-order valence-electron chi connectivity index (χ2n) is 4.93. The summed E-state index contributed by atoms with van der Waals surface area (Å²) in [6.07, 6.45) is -0.497. The van der Waals surface area contributed by atoms with Crippen LogP contribution >= 0.6 is 15.9 Å². The molecule has 3 N–H and O–H groups in total. The molecule has 0 aliphatic carbocycles. The molecule has 24 heavy (non-hydrogen) atoms. The molecule has 3 nitrogen and oxygen atoms in total. The van der Waals surface area contributed by atoms with Gasteiger partial charge in [-0.3, -0.25) is 0 Å². The third-order valence-corrected chi connectivity index (χ3v) is 3.88. The SMILES string of the molecule is C=CC(Nc1cc(Br)c(F)cc1N)c1ccccc1OC(F)CF. The van der Waals surface area contributed by atoms with Crippen molar-refractivity contribution in [3.8, 4) is 5.75 Å². The van der Waals surface area contributed by atoms with Gasteiger partial charge >= 0.3 is 0 Å². The lowest BCUT2D eigenvalue weighted by atomic mass is 10.0. The topological polar surface area (TPSA) is 47.3 Å². The first-order valence-electron chi connectivity index (χ1n) is 7.05. The zero-order chi connectivity index (χ0) is 17.7. The lowest BCUT2D eigenvalue weighted by Gasteiger charge is -2.21. The molecule has 0 aromatic heterocycles. The zero-order valence-corrected chi connectivity index (χ0v) is 14.2. The van der Waals surface area contributed by atoms with Crippen molar-refractivity contribution in [3.63, 3.8) is 0 Å². The quantitative estimate of drug-likeness (QED) is 0.498. The van der Waals surface area contributed by atoms with Crippen LogP contribution in [-0.2, 0) is 0 Å². The molecule has 0 saturated heterocycles. The van der Waals surface area contributed by atoms with E-state index in [1.807, 2.05) is 0 Å². The molecule has 0 spiro atoms. The number of benzene rings is 2. The molecule has 0 heterocycles. The van der Waals surface area contributed by atoms with Crippen LogP contribution in [-0.4, -0.2) is 13.0 Å². The van der Waals surface area contributed by atoms with Crippen LogP contribution in [0.15, 0.2) is 53.5 Å². The van der Waals surface area contributed by atoms with Crippen molar-refractivity contribution in [3.05, 3.63) is 64.9 Å². The van der Waals surface area contributed by atoms with Crippen molar-refractivity contribution in [2.75, 3.05) is 17.7 Å². The van der Waals surface area contributed by atoms with Crippen LogP contribution in [0.1, 0.15) is 11.6 Å². The van der Waals surface area contributed by atoms with Gasteiger partial charge in [0, 0.05) is 11.6 Å². The molecule has 0 bridgehead atoms. The third kappa shape index (κ3) is 4.23. The van der Waals surface area contributed by atoms with Crippen molar-refractivity contribution in [1.82, 2.24) is 0 Å². The standard InChI is InChI=1S/C17H16BrF3N2O/c1-2-14(23-15-7-11(18)12(20)8-13(15)22)10-5-3-4-6-16(10)24-17(21)9-19/h2-8,14,17,23H,1,9,22H2. The van der Waals surface area contributed by atoms with Gasteiger partial charge in [0.1, 0.15) is 11.6 Å². The van der Waals surface area contributed by atoms with Crippen molar-refractivity contribution in [1.29, 1.82) is 0 Å². The number of hydrogen-bond acceptors (Lipinski definition) is 3. The molecule has 0 amide bonds. The maximum atomic E-state index is 13.5. The van der Waals surface area contributed by atoms with Gasteiger partial charge in [0.2, 0.25) is 0 Å². The molecule has 0 radical (unpaired) electrons. The minimum atomic E-state index is -2.05. The van der Waals surface area contributed by atoms with Crippen LogP contribution in [0.5, 0.6) is 5.75 Å².